The molecule has 1 saturated carbocycles. The zero-order valence-corrected chi connectivity index (χ0v) is 32.6. The molecule has 0 spiro atoms. The van der Waals surface area contributed by atoms with Crippen molar-refractivity contribution in [2.24, 2.45) is 22.9 Å². The van der Waals surface area contributed by atoms with Gasteiger partial charge in [0.2, 0.25) is 12.1 Å². The number of hydrogen-bond acceptors (Lipinski definition) is 12. The van der Waals surface area contributed by atoms with Crippen LogP contribution in [0.15, 0.2) is 66.5 Å². The van der Waals surface area contributed by atoms with Gasteiger partial charge >= 0.3 is 5.97 Å². The van der Waals surface area contributed by atoms with E-state index in [1.165, 1.54) is 6.20 Å². The summed E-state index contributed by atoms with van der Waals surface area (Å²) >= 11 is 0. The maximum Gasteiger partial charge on any atom is 0.358 e. The van der Waals surface area contributed by atoms with Gasteiger partial charge in [0.05, 0.1) is 31.0 Å². The SMILES string of the molecule is C=CCOc1ccc2c(c1)C1C(CCCCO)C(CCCCO)C=C3C(=NOC4CCCCO4)CC(n4nncc4C(=O)OC(C)(C)C)C(OCC=C)(O2)C31. The van der Waals surface area contributed by atoms with Gasteiger partial charge in [0.1, 0.15) is 29.7 Å². The molecule has 1 saturated heterocycles. The van der Waals surface area contributed by atoms with Gasteiger partial charge in [-0.05, 0) is 94.9 Å². The lowest BCUT2D eigenvalue weighted by Crippen LogP contribution is -2.63. The Morgan fingerprint density at radius 1 is 1.09 bits per heavy atom. The number of fused-ring (bicyclic) bond motifs is 2. The monoisotopic (exact) mass is 762 g/mol. The van der Waals surface area contributed by atoms with E-state index in [-0.39, 0.29) is 49.7 Å². The highest BCUT2D eigenvalue weighted by atomic mass is 16.8. The number of hydrogen-bond donors (Lipinski definition) is 2. The Balaban J connectivity index is 1.59. The van der Waals surface area contributed by atoms with Crippen molar-refractivity contribution in [1.29, 1.82) is 0 Å². The average molecular weight is 763 g/mol. The standard InChI is InChI=1S/C42H58N4O9/c1-6-21-50-29-17-18-35-32(25-29)38-30(15-9-12-20-48)28(14-8-11-19-47)24-31-33(44-55-37-16-10-13-23-51-37)26-36(42(53-35,39(31)38)52-22-7-2)46-34(27-43-45-46)40(49)54-41(3,4)5/h6-7,17-18,24-25,27-28,30,36-39,47-48H,1-2,8-16,19-23,26H2,3-5H3. The zero-order chi connectivity index (χ0) is 39.0. The van der Waals surface area contributed by atoms with E-state index in [0.717, 1.165) is 56.1 Å². The lowest BCUT2D eigenvalue weighted by molar-refractivity contribution is -0.252. The highest BCUT2D eigenvalue weighted by Crippen LogP contribution is 2.63. The quantitative estimate of drug-likeness (QED) is 0.0711. The number of carbonyl (C=O) groups excluding carboxylic acids is 1. The second kappa shape index (κ2) is 18.3. The summed E-state index contributed by atoms with van der Waals surface area (Å²) < 4.78 is 33.6. The molecule has 6 rings (SSSR count). The van der Waals surface area contributed by atoms with Crippen molar-refractivity contribution in [2.75, 3.05) is 33.0 Å². The fraction of sp³-hybridized carbons (Fsp3) is 0.619. The van der Waals surface area contributed by atoms with Crippen LogP contribution in [0, 0.1) is 17.8 Å². The van der Waals surface area contributed by atoms with Crippen LogP contribution >= 0.6 is 0 Å². The molecule has 13 nitrogen and oxygen atoms in total. The Morgan fingerprint density at radius 2 is 1.87 bits per heavy atom. The molecule has 3 heterocycles. The number of aliphatic hydroxyl groups excluding tert-OH is 2. The number of carbonyl (C=O) groups is 1. The molecule has 0 bridgehead atoms. The van der Waals surface area contributed by atoms with Crippen molar-refractivity contribution in [2.45, 2.75) is 115 Å². The van der Waals surface area contributed by atoms with Crippen LogP contribution in [0.5, 0.6) is 11.5 Å². The minimum Gasteiger partial charge on any atom is -0.490 e. The van der Waals surface area contributed by atoms with Gasteiger partial charge in [-0.15, -0.1) is 11.7 Å². The highest BCUT2D eigenvalue weighted by Gasteiger charge is 2.65. The minimum atomic E-state index is -1.42. The van der Waals surface area contributed by atoms with Gasteiger partial charge in [-0.1, -0.05) is 48.0 Å². The van der Waals surface area contributed by atoms with E-state index in [4.69, 9.17) is 33.7 Å². The van der Waals surface area contributed by atoms with Crippen molar-refractivity contribution < 1.29 is 43.5 Å². The number of rotatable bonds is 18. The first-order valence-corrected chi connectivity index (χ1v) is 19.9. The molecular weight excluding hydrogens is 704 g/mol. The fourth-order valence-electron chi connectivity index (χ4n) is 8.69. The van der Waals surface area contributed by atoms with Crippen molar-refractivity contribution in [1.82, 2.24) is 15.0 Å². The van der Waals surface area contributed by atoms with E-state index in [1.54, 1.807) is 16.8 Å². The van der Waals surface area contributed by atoms with Crippen LogP contribution in [0.4, 0.5) is 0 Å². The summed E-state index contributed by atoms with van der Waals surface area (Å²) in [5.41, 5.74) is 1.99. The van der Waals surface area contributed by atoms with Crippen LogP contribution in [-0.4, -0.2) is 87.6 Å². The normalized spacial score (nSPS) is 27.9. The van der Waals surface area contributed by atoms with Crippen LogP contribution in [0.1, 0.15) is 113 Å². The molecule has 1 aromatic heterocycles. The van der Waals surface area contributed by atoms with Crippen LogP contribution in [0.3, 0.4) is 0 Å². The van der Waals surface area contributed by atoms with Crippen LogP contribution in [0.25, 0.3) is 0 Å². The van der Waals surface area contributed by atoms with Gasteiger partial charge in [0.15, 0.2) is 5.69 Å². The molecule has 0 amide bonds. The number of unbranched alkanes of at least 4 members (excludes halogenated alkanes) is 2. The summed E-state index contributed by atoms with van der Waals surface area (Å²) in [6, 6.07) is 5.10. The Morgan fingerprint density at radius 3 is 2.58 bits per heavy atom. The van der Waals surface area contributed by atoms with E-state index in [9.17, 15) is 15.0 Å². The van der Waals surface area contributed by atoms with E-state index in [1.807, 2.05) is 32.9 Å². The molecule has 0 radical (unpaired) electrons. The second-order valence-electron chi connectivity index (χ2n) is 15.8. The Bertz CT molecular complexity index is 1690. The second-order valence-corrected chi connectivity index (χ2v) is 15.8. The molecule has 1 aromatic carbocycles. The molecule has 2 aliphatic carbocycles. The molecule has 13 heteroatoms. The highest BCUT2D eigenvalue weighted by molar-refractivity contribution is 6.02. The molecule has 2 N–H and O–H groups in total. The predicted molar refractivity (Wildman–Crippen MR) is 206 cm³/mol. The first kappa shape index (κ1) is 40.6. The fourth-order valence-corrected chi connectivity index (χ4v) is 8.69. The number of ether oxygens (including phenoxy) is 5. The maximum absolute atomic E-state index is 13.8. The predicted octanol–water partition coefficient (Wildman–Crippen LogP) is 6.83. The van der Waals surface area contributed by atoms with Gasteiger partial charge < -0.3 is 38.7 Å². The van der Waals surface area contributed by atoms with Gasteiger partial charge in [0.25, 0.3) is 0 Å². The zero-order valence-electron chi connectivity index (χ0n) is 32.6. The first-order valence-electron chi connectivity index (χ1n) is 19.9. The molecule has 55 heavy (non-hydrogen) atoms. The van der Waals surface area contributed by atoms with Crippen molar-refractivity contribution in [3.05, 3.63) is 72.6 Å². The van der Waals surface area contributed by atoms with E-state index < -0.39 is 35.6 Å². The summed E-state index contributed by atoms with van der Waals surface area (Å²) in [7, 11) is 0. The van der Waals surface area contributed by atoms with Gasteiger partial charge in [-0.2, -0.15) is 0 Å². The van der Waals surface area contributed by atoms with E-state index in [2.05, 4.69) is 35.6 Å². The lowest BCUT2D eigenvalue weighted by atomic mass is 9.55. The van der Waals surface area contributed by atoms with Crippen LogP contribution < -0.4 is 9.47 Å². The molecule has 4 aliphatic rings. The number of esters is 1. The van der Waals surface area contributed by atoms with Gasteiger partial charge in [-0.3, -0.25) is 0 Å². The minimum absolute atomic E-state index is 0.0756. The Kier molecular flexibility index (Phi) is 13.5. The van der Waals surface area contributed by atoms with E-state index >= 15 is 0 Å². The lowest BCUT2D eigenvalue weighted by Gasteiger charge is -2.58. The third-order valence-electron chi connectivity index (χ3n) is 10.9. The summed E-state index contributed by atoms with van der Waals surface area (Å²) in [4.78, 5) is 20.0. The first-order chi connectivity index (χ1) is 26.6. The summed E-state index contributed by atoms with van der Waals surface area (Å²) in [5.74, 6) is -1.16. The third kappa shape index (κ3) is 9.01. The van der Waals surface area contributed by atoms with Gasteiger partial charge in [0, 0.05) is 37.5 Å². The topological polar surface area (TPSA) is 156 Å². The Hall–Kier alpha value is -4.04. The Labute approximate surface area is 324 Å². The van der Waals surface area contributed by atoms with Gasteiger partial charge in [-0.25, -0.2) is 9.48 Å². The molecule has 2 fully saturated rings. The smallest absolute Gasteiger partial charge is 0.358 e. The third-order valence-corrected chi connectivity index (χ3v) is 10.9. The average Bonchev–Trinajstić information content (AvgIpc) is 3.66. The van der Waals surface area contributed by atoms with Crippen LogP contribution in [-0.2, 0) is 19.0 Å². The van der Waals surface area contributed by atoms with E-state index in [0.29, 0.717) is 43.3 Å². The number of aliphatic hydroxyl groups is 2. The van der Waals surface area contributed by atoms with Crippen molar-refractivity contribution in [3.63, 3.8) is 0 Å². The molecule has 2 aliphatic heterocycles. The molecule has 7 unspecified atom stereocenters. The van der Waals surface area contributed by atoms with Crippen molar-refractivity contribution >= 4 is 11.7 Å². The summed E-state index contributed by atoms with van der Waals surface area (Å²) in [5, 5.41) is 33.3. The number of benzene rings is 1. The molecule has 2 aromatic rings. The van der Waals surface area contributed by atoms with Crippen molar-refractivity contribution in [3.8, 4) is 11.5 Å². The largest absolute Gasteiger partial charge is 0.490 e. The molecular formula is C42H58N4O9. The summed E-state index contributed by atoms with van der Waals surface area (Å²) in [6.07, 6.45) is 14.2. The number of aromatic nitrogens is 3. The summed E-state index contributed by atoms with van der Waals surface area (Å²) in [6.45, 7) is 14.6. The maximum atomic E-state index is 13.8. The molecule has 300 valence electrons. The number of nitrogens with zero attached hydrogens (tertiary/aromatic N) is 4. The number of allylic oxidation sites excluding steroid dienone is 1. The number of oxime groups is 1. The molecule has 7 atom stereocenters. The van der Waals surface area contributed by atoms with Crippen LogP contribution in [0.2, 0.25) is 0 Å².